The van der Waals surface area contributed by atoms with E-state index in [1.807, 2.05) is 12.1 Å². The first kappa shape index (κ1) is 16.0. The molecule has 1 aromatic carbocycles. The Labute approximate surface area is 127 Å². The smallest absolute Gasteiger partial charge is 0.231 e. The maximum atomic E-state index is 6.06. The summed E-state index contributed by atoms with van der Waals surface area (Å²) in [4.78, 5) is 0. The number of fused-ring (bicyclic) bond motifs is 1. The van der Waals surface area contributed by atoms with E-state index < -0.39 is 0 Å². The second kappa shape index (κ2) is 7.55. The minimum Gasteiger partial charge on any atom is -0.493 e. The van der Waals surface area contributed by atoms with Crippen molar-refractivity contribution in [3.63, 3.8) is 0 Å². The Balaban J connectivity index is 2.12. The Morgan fingerprint density at radius 3 is 2.43 bits per heavy atom. The van der Waals surface area contributed by atoms with Crippen LogP contribution in [0.15, 0.2) is 12.1 Å². The van der Waals surface area contributed by atoms with Gasteiger partial charge >= 0.3 is 0 Å². The van der Waals surface area contributed by atoms with Gasteiger partial charge in [-0.2, -0.15) is 0 Å². The third-order valence-electron chi connectivity index (χ3n) is 3.89. The molecule has 0 saturated heterocycles. The molecule has 0 unspecified atom stereocenters. The van der Waals surface area contributed by atoms with E-state index in [1.165, 1.54) is 0 Å². The molecule has 0 radical (unpaired) electrons. The number of benzene rings is 1. The molecular formula is C17H27NO3. The summed E-state index contributed by atoms with van der Waals surface area (Å²) in [5.41, 5.74) is 1.12. The summed E-state index contributed by atoms with van der Waals surface area (Å²) in [6.45, 7) is 10.5. The first-order valence-electron chi connectivity index (χ1n) is 7.92. The van der Waals surface area contributed by atoms with E-state index in [9.17, 15) is 0 Å². The molecule has 1 N–H and O–H groups in total. The van der Waals surface area contributed by atoms with E-state index in [1.54, 1.807) is 0 Å². The van der Waals surface area contributed by atoms with Crippen LogP contribution >= 0.6 is 0 Å². The van der Waals surface area contributed by atoms with Crippen LogP contribution in [0.25, 0.3) is 0 Å². The van der Waals surface area contributed by atoms with Gasteiger partial charge in [0, 0.05) is 24.2 Å². The van der Waals surface area contributed by atoms with E-state index >= 15 is 0 Å². The van der Waals surface area contributed by atoms with Gasteiger partial charge in [-0.15, -0.1) is 0 Å². The maximum absolute atomic E-state index is 6.06. The van der Waals surface area contributed by atoms with Crippen molar-refractivity contribution in [1.82, 2.24) is 5.32 Å². The third kappa shape index (κ3) is 4.27. The zero-order valence-corrected chi connectivity index (χ0v) is 13.6. The third-order valence-corrected chi connectivity index (χ3v) is 3.89. The molecule has 0 fully saturated rings. The lowest BCUT2D eigenvalue weighted by atomic mass is 10.1. The highest BCUT2D eigenvalue weighted by Gasteiger charge is 2.18. The zero-order valence-electron chi connectivity index (χ0n) is 13.6. The Kier molecular flexibility index (Phi) is 5.74. The van der Waals surface area contributed by atoms with Gasteiger partial charge in [0.05, 0.1) is 6.61 Å². The minimum atomic E-state index is 0.294. The van der Waals surface area contributed by atoms with E-state index in [0.29, 0.717) is 18.8 Å². The van der Waals surface area contributed by atoms with Crippen LogP contribution in [-0.2, 0) is 6.54 Å². The summed E-state index contributed by atoms with van der Waals surface area (Å²) < 4.78 is 17.0. The molecule has 4 nitrogen and oxygen atoms in total. The van der Waals surface area contributed by atoms with Crippen LogP contribution in [0.3, 0.4) is 0 Å². The first-order chi connectivity index (χ1) is 10.1. The molecule has 0 saturated carbocycles. The average Bonchev–Trinajstić information content (AvgIpc) is 2.92. The van der Waals surface area contributed by atoms with Gasteiger partial charge in [0.2, 0.25) is 6.79 Å². The number of hydrogen-bond acceptors (Lipinski definition) is 4. The molecule has 1 heterocycles. The van der Waals surface area contributed by atoms with Crippen molar-refractivity contribution in [2.45, 2.75) is 53.1 Å². The molecule has 0 aliphatic carbocycles. The summed E-state index contributed by atoms with van der Waals surface area (Å²) in [6, 6.07) is 4.42. The standard InChI is InChI=1S/C17H27NO3/c1-5-13(6-2)10-19-15-8-17-16(20-11-21-17)7-14(15)9-18-12(3)4/h7-8,12-13,18H,5-6,9-11H2,1-4H3. The molecule has 0 aromatic heterocycles. The molecule has 1 aliphatic heterocycles. The summed E-state index contributed by atoms with van der Waals surface area (Å²) >= 11 is 0. The lowest BCUT2D eigenvalue weighted by Gasteiger charge is -2.18. The number of ether oxygens (including phenoxy) is 3. The largest absolute Gasteiger partial charge is 0.493 e. The van der Waals surface area contributed by atoms with Crippen molar-refractivity contribution in [3.8, 4) is 17.2 Å². The zero-order chi connectivity index (χ0) is 15.2. The second-order valence-corrected chi connectivity index (χ2v) is 5.84. The van der Waals surface area contributed by atoms with Gasteiger partial charge in [0.15, 0.2) is 11.5 Å². The molecule has 0 atom stereocenters. The summed E-state index contributed by atoms with van der Waals surface area (Å²) in [7, 11) is 0. The average molecular weight is 293 g/mol. The molecular weight excluding hydrogens is 266 g/mol. The predicted octanol–water partition coefficient (Wildman–Crippen LogP) is 3.73. The van der Waals surface area contributed by atoms with E-state index in [-0.39, 0.29) is 0 Å². The minimum absolute atomic E-state index is 0.294. The van der Waals surface area contributed by atoms with Gasteiger partial charge in [-0.3, -0.25) is 0 Å². The fourth-order valence-electron chi connectivity index (χ4n) is 2.28. The molecule has 4 heteroatoms. The van der Waals surface area contributed by atoms with Crippen LogP contribution in [0, 0.1) is 5.92 Å². The van der Waals surface area contributed by atoms with Crippen molar-refractivity contribution in [2.24, 2.45) is 5.92 Å². The van der Waals surface area contributed by atoms with Gasteiger partial charge in [-0.25, -0.2) is 0 Å². The quantitative estimate of drug-likeness (QED) is 0.793. The molecule has 118 valence electrons. The topological polar surface area (TPSA) is 39.7 Å². The Hall–Kier alpha value is -1.42. The van der Waals surface area contributed by atoms with E-state index in [0.717, 1.165) is 48.8 Å². The highest BCUT2D eigenvalue weighted by atomic mass is 16.7. The normalized spacial score (nSPS) is 13.2. The number of nitrogens with one attached hydrogen (secondary N) is 1. The van der Waals surface area contributed by atoms with Crippen molar-refractivity contribution >= 4 is 0 Å². The Bertz CT molecular complexity index is 456. The lowest BCUT2D eigenvalue weighted by Crippen LogP contribution is -2.22. The second-order valence-electron chi connectivity index (χ2n) is 5.84. The summed E-state index contributed by atoms with van der Waals surface area (Å²) in [5, 5.41) is 3.43. The van der Waals surface area contributed by atoms with Gasteiger partial charge in [-0.05, 0) is 12.0 Å². The van der Waals surface area contributed by atoms with Crippen LogP contribution in [0.4, 0.5) is 0 Å². The molecule has 21 heavy (non-hydrogen) atoms. The van der Waals surface area contributed by atoms with Crippen molar-refractivity contribution in [2.75, 3.05) is 13.4 Å². The summed E-state index contributed by atoms with van der Waals surface area (Å²) in [5.74, 6) is 3.09. The Morgan fingerprint density at radius 1 is 1.14 bits per heavy atom. The van der Waals surface area contributed by atoms with E-state index in [4.69, 9.17) is 14.2 Å². The Morgan fingerprint density at radius 2 is 1.81 bits per heavy atom. The van der Waals surface area contributed by atoms with Crippen molar-refractivity contribution < 1.29 is 14.2 Å². The maximum Gasteiger partial charge on any atom is 0.231 e. The monoisotopic (exact) mass is 293 g/mol. The first-order valence-corrected chi connectivity index (χ1v) is 7.92. The van der Waals surface area contributed by atoms with Crippen LogP contribution in [-0.4, -0.2) is 19.4 Å². The molecule has 1 aliphatic rings. The molecule has 0 bridgehead atoms. The lowest BCUT2D eigenvalue weighted by molar-refractivity contribution is 0.173. The van der Waals surface area contributed by atoms with Crippen molar-refractivity contribution in [1.29, 1.82) is 0 Å². The van der Waals surface area contributed by atoms with E-state index in [2.05, 4.69) is 33.0 Å². The SMILES string of the molecule is CCC(CC)COc1cc2c(cc1CNC(C)C)OCO2. The fraction of sp³-hybridized carbons (Fsp3) is 0.647. The highest BCUT2D eigenvalue weighted by molar-refractivity contribution is 5.51. The van der Waals surface area contributed by atoms with Gasteiger partial charge in [-0.1, -0.05) is 40.5 Å². The van der Waals surface area contributed by atoms with Gasteiger partial charge in [0.1, 0.15) is 5.75 Å². The van der Waals surface area contributed by atoms with Crippen LogP contribution in [0.1, 0.15) is 46.1 Å². The number of rotatable bonds is 8. The van der Waals surface area contributed by atoms with Crippen LogP contribution < -0.4 is 19.5 Å². The number of hydrogen-bond donors (Lipinski definition) is 1. The highest BCUT2D eigenvalue weighted by Crippen LogP contribution is 2.38. The van der Waals surface area contributed by atoms with Gasteiger partial charge in [0.25, 0.3) is 0 Å². The molecule has 0 spiro atoms. The molecule has 0 amide bonds. The van der Waals surface area contributed by atoms with Gasteiger partial charge < -0.3 is 19.5 Å². The van der Waals surface area contributed by atoms with Crippen LogP contribution in [0.5, 0.6) is 17.2 Å². The fourth-order valence-corrected chi connectivity index (χ4v) is 2.28. The van der Waals surface area contributed by atoms with Crippen molar-refractivity contribution in [3.05, 3.63) is 17.7 Å². The summed E-state index contributed by atoms with van der Waals surface area (Å²) in [6.07, 6.45) is 2.28. The predicted molar refractivity (Wildman–Crippen MR) is 84.1 cm³/mol. The molecule has 1 aromatic rings. The van der Waals surface area contributed by atoms with Crippen LogP contribution in [0.2, 0.25) is 0 Å². The molecule has 2 rings (SSSR count).